The highest BCUT2D eigenvalue weighted by Crippen LogP contribution is 2.44. The van der Waals surface area contributed by atoms with Gasteiger partial charge in [0.25, 0.3) is 5.69 Å². The zero-order valence-electron chi connectivity index (χ0n) is 14.3. The van der Waals surface area contributed by atoms with Gasteiger partial charge in [-0.3, -0.25) is 10.1 Å². The van der Waals surface area contributed by atoms with Gasteiger partial charge in [-0.05, 0) is 47.0 Å². The molecular formula is C23H14N2O2. The number of non-ortho nitro benzene ring substituents is 1. The molecule has 0 aliphatic heterocycles. The highest BCUT2D eigenvalue weighted by Gasteiger charge is 2.25. The summed E-state index contributed by atoms with van der Waals surface area (Å²) in [7, 11) is 0. The second kappa shape index (κ2) is 5.88. The lowest BCUT2D eigenvalue weighted by molar-refractivity contribution is -0.384. The summed E-state index contributed by atoms with van der Waals surface area (Å²) in [4.78, 5) is 15.4. The van der Waals surface area contributed by atoms with Gasteiger partial charge in [0, 0.05) is 28.6 Å². The van der Waals surface area contributed by atoms with Crippen molar-refractivity contribution in [1.29, 1.82) is 0 Å². The molecule has 0 spiro atoms. The number of para-hydroxylation sites is 1. The maximum atomic E-state index is 10.9. The van der Waals surface area contributed by atoms with Crippen LogP contribution in [0, 0.1) is 10.1 Å². The molecule has 4 aromatic rings. The van der Waals surface area contributed by atoms with Crippen LogP contribution < -0.4 is 0 Å². The van der Waals surface area contributed by atoms with Crippen molar-refractivity contribution in [1.82, 2.24) is 4.98 Å². The van der Waals surface area contributed by atoms with Gasteiger partial charge in [0.1, 0.15) is 0 Å². The zero-order valence-corrected chi connectivity index (χ0v) is 14.3. The molecule has 5 rings (SSSR count). The monoisotopic (exact) mass is 350 g/mol. The fourth-order valence-corrected chi connectivity index (χ4v) is 3.61. The fourth-order valence-electron chi connectivity index (χ4n) is 3.61. The molecule has 4 nitrogen and oxygen atoms in total. The van der Waals surface area contributed by atoms with Crippen molar-refractivity contribution in [3.63, 3.8) is 0 Å². The van der Waals surface area contributed by atoms with Gasteiger partial charge in [-0.15, -0.1) is 0 Å². The average Bonchev–Trinajstić information content (AvgIpc) is 3.00. The first-order valence-electron chi connectivity index (χ1n) is 8.67. The van der Waals surface area contributed by atoms with E-state index in [0.29, 0.717) is 0 Å². The number of benzene rings is 3. The Kier molecular flexibility index (Phi) is 3.37. The van der Waals surface area contributed by atoms with Crippen LogP contribution in [0.2, 0.25) is 0 Å². The van der Waals surface area contributed by atoms with Gasteiger partial charge >= 0.3 is 0 Å². The number of nitrogens with zero attached hydrogens (tertiary/aromatic N) is 2. The molecule has 1 aliphatic carbocycles. The Labute approximate surface area is 155 Å². The molecule has 0 radical (unpaired) electrons. The zero-order chi connectivity index (χ0) is 18.4. The van der Waals surface area contributed by atoms with Crippen LogP contribution in [0.5, 0.6) is 0 Å². The third-order valence-electron chi connectivity index (χ3n) is 4.90. The number of hydrogen-bond donors (Lipinski definition) is 0. The molecule has 0 fully saturated rings. The van der Waals surface area contributed by atoms with E-state index in [1.54, 1.807) is 12.1 Å². The number of nitro groups is 1. The minimum Gasteiger partial charge on any atom is -0.258 e. The first kappa shape index (κ1) is 15.5. The van der Waals surface area contributed by atoms with Crippen molar-refractivity contribution in [3.8, 4) is 11.3 Å². The standard InChI is InChI=1S/C23H14N2O2/c26-25(27)17-11-9-15(10-12-17)13-20-18-6-2-3-7-19(18)23-21(20)14-16-5-1-4-8-22(16)24-23/h1-14H/b20-13-. The highest BCUT2D eigenvalue weighted by molar-refractivity contribution is 6.07. The number of fused-ring (bicyclic) bond motifs is 4. The third kappa shape index (κ3) is 2.50. The van der Waals surface area contributed by atoms with Crippen molar-refractivity contribution in [2.75, 3.05) is 0 Å². The van der Waals surface area contributed by atoms with E-state index in [1.807, 2.05) is 30.3 Å². The Morgan fingerprint density at radius 1 is 0.815 bits per heavy atom. The Balaban J connectivity index is 1.73. The molecule has 27 heavy (non-hydrogen) atoms. The van der Waals surface area contributed by atoms with E-state index in [0.717, 1.165) is 44.4 Å². The molecule has 0 amide bonds. The molecule has 128 valence electrons. The van der Waals surface area contributed by atoms with Crippen LogP contribution in [0.4, 0.5) is 5.69 Å². The van der Waals surface area contributed by atoms with Crippen molar-refractivity contribution < 1.29 is 4.92 Å². The molecule has 0 N–H and O–H groups in total. The van der Waals surface area contributed by atoms with Crippen LogP contribution in [0.25, 0.3) is 33.8 Å². The third-order valence-corrected chi connectivity index (χ3v) is 4.90. The second-order valence-electron chi connectivity index (χ2n) is 6.53. The van der Waals surface area contributed by atoms with Crippen molar-refractivity contribution >= 4 is 28.2 Å². The summed E-state index contributed by atoms with van der Waals surface area (Å²) in [6.07, 6.45) is 2.07. The quantitative estimate of drug-likeness (QED) is 0.302. The first-order chi connectivity index (χ1) is 13.2. The lowest BCUT2D eigenvalue weighted by Gasteiger charge is -2.05. The summed E-state index contributed by atoms with van der Waals surface area (Å²) in [5, 5.41) is 12.0. The SMILES string of the molecule is O=[N+]([O-])c1ccc(/C=C2/c3ccccc3-c3nc4ccccc4cc32)cc1. The molecule has 1 heterocycles. The largest absolute Gasteiger partial charge is 0.269 e. The summed E-state index contributed by atoms with van der Waals surface area (Å²) in [5.74, 6) is 0. The highest BCUT2D eigenvalue weighted by atomic mass is 16.6. The van der Waals surface area contributed by atoms with Crippen LogP contribution in [0.3, 0.4) is 0 Å². The maximum absolute atomic E-state index is 10.9. The molecule has 1 aromatic heterocycles. The molecule has 4 heteroatoms. The Morgan fingerprint density at radius 2 is 1.52 bits per heavy atom. The van der Waals surface area contributed by atoms with Crippen LogP contribution in [0.15, 0.2) is 78.9 Å². The minimum atomic E-state index is -0.382. The number of nitro benzene ring substituents is 1. The summed E-state index contributed by atoms with van der Waals surface area (Å²) >= 11 is 0. The molecular weight excluding hydrogens is 336 g/mol. The topological polar surface area (TPSA) is 56.0 Å². The summed E-state index contributed by atoms with van der Waals surface area (Å²) in [6.45, 7) is 0. The number of rotatable bonds is 2. The van der Waals surface area contributed by atoms with Gasteiger partial charge in [-0.2, -0.15) is 0 Å². The van der Waals surface area contributed by atoms with Crippen molar-refractivity contribution in [2.45, 2.75) is 0 Å². The van der Waals surface area contributed by atoms with Crippen LogP contribution in [0.1, 0.15) is 16.7 Å². The Hall–Kier alpha value is -3.79. The molecule has 0 saturated heterocycles. The Morgan fingerprint density at radius 3 is 2.30 bits per heavy atom. The molecule has 0 unspecified atom stereocenters. The lowest BCUT2D eigenvalue weighted by atomic mass is 10.0. The van der Waals surface area contributed by atoms with E-state index in [2.05, 4.69) is 30.3 Å². The first-order valence-corrected chi connectivity index (χ1v) is 8.67. The minimum absolute atomic E-state index is 0.0945. The molecule has 0 saturated carbocycles. The van der Waals surface area contributed by atoms with Gasteiger partial charge in [-0.1, -0.05) is 42.5 Å². The van der Waals surface area contributed by atoms with Gasteiger partial charge in [0.2, 0.25) is 0 Å². The molecule has 3 aromatic carbocycles. The van der Waals surface area contributed by atoms with Gasteiger partial charge in [-0.25, -0.2) is 4.98 Å². The molecule has 0 bridgehead atoms. The van der Waals surface area contributed by atoms with Crippen molar-refractivity contribution in [2.24, 2.45) is 0 Å². The average molecular weight is 350 g/mol. The van der Waals surface area contributed by atoms with Gasteiger partial charge in [0.15, 0.2) is 0 Å². The summed E-state index contributed by atoms with van der Waals surface area (Å²) in [5.41, 5.74) is 7.41. The van der Waals surface area contributed by atoms with Crippen LogP contribution >= 0.6 is 0 Å². The van der Waals surface area contributed by atoms with E-state index in [4.69, 9.17) is 4.98 Å². The van der Waals surface area contributed by atoms with Gasteiger partial charge < -0.3 is 0 Å². The molecule has 0 atom stereocenters. The van der Waals surface area contributed by atoms with E-state index in [9.17, 15) is 10.1 Å². The van der Waals surface area contributed by atoms with E-state index < -0.39 is 0 Å². The fraction of sp³-hybridized carbons (Fsp3) is 0. The van der Waals surface area contributed by atoms with Crippen LogP contribution in [-0.2, 0) is 0 Å². The van der Waals surface area contributed by atoms with E-state index >= 15 is 0 Å². The number of aromatic nitrogens is 1. The normalized spacial score (nSPS) is 13.6. The molecule has 1 aliphatic rings. The van der Waals surface area contributed by atoms with E-state index in [1.165, 1.54) is 12.1 Å². The predicted molar refractivity (Wildman–Crippen MR) is 107 cm³/mol. The predicted octanol–water partition coefficient (Wildman–Crippen LogP) is 5.71. The summed E-state index contributed by atoms with van der Waals surface area (Å²) in [6, 6.07) is 25.1. The number of hydrogen-bond acceptors (Lipinski definition) is 3. The smallest absolute Gasteiger partial charge is 0.258 e. The maximum Gasteiger partial charge on any atom is 0.269 e. The summed E-state index contributed by atoms with van der Waals surface area (Å²) < 4.78 is 0. The lowest BCUT2D eigenvalue weighted by Crippen LogP contribution is -1.88. The van der Waals surface area contributed by atoms with E-state index in [-0.39, 0.29) is 10.6 Å². The second-order valence-corrected chi connectivity index (χ2v) is 6.53. The van der Waals surface area contributed by atoms with Crippen LogP contribution in [-0.4, -0.2) is 9.91 Å². The van der Waals surface area contributed by atoms with Crippen molar-refractivity contribution in [3.05, 3.63) is 106 Å². The number of pyridine rings is 1. The Bertz CT molecular complexity index is 1240. The van der Waals surface area contributed by atoms with Gasteiger partial charge in [0.05, 0.1) is 16.1 Å².